The monoisotopic (exact) mass is 435 g/mol. The summed E-state index contributed by atoms with van der Waals surface area (Å²) >= 11 is 9.54. The van der Waals surface area contributed by atoms with Gasteiger partial charge in [-0.1, -0.05) is 54.1 Å². The van der Waals surface area contributed by atoms with Crippen LogP contribution in [0.3, 0.4) is 0 Å². The molecule has 5 heteroatoms. The van der Waals surface area contributed by atoms with Gasteiger partial charge in [0.2, 0.25) is 0 Å². The first kappa shape index (κ1) is 19.2. The molecule has 0 fully saturated rings. The fourth-order valence-corrected chi connectivity index (χ4v) is 4.16. The molecular weight excluding hydrogens is 417 g/mol. The number of halogens is 3. The fourth-order valence-electron chi connectivity index (χ4n) is 3.47. The van der Waals surface area contributed by atoms with Crippen LogP contribution in [0.15, 0.2) is 66.2 Å². The Morgan fingerprint density at radius 2 is 2.04 bits per heavy atom. The molecule has 0 aromatic heterocycles. The molecule has 136 valence electrons. The molecule has 2 nitrogen and oxygen atoms in total. The van der Waals surface area contributed by atoms with E-state index in [0.717, 1.165) is 11.1 Å². The van der Waals surface area contributed by atoms with Crippen LogP contribution in [-0.2, 0) is 12.0 Å². The second kappa shape index (κ2) is 7.95. The summed E-state index contributed by atoms with van der Waals surface area (Å²) in [6.45, 7) is 8.30. The molecule has 2 atom stereocenters. The van der Waals surface area contributed by atoms with E-state index in [-0.39, 0.29) is 11.1 Å². The number of ether oxygens (including phenoxy) is 1. The summed E-state index contributed by atoms with van der Waals surface area (Å²) in [5.41, 5.74) is 1.19. The molecule has 1 aliphatic rings. The Balaban J connectivity index is 2.13. The van der Waals surface area contributed by atoms with Crippen molar-refractivity contribution in [2.24, 2.45) is 0 Å². The van der Waals surface area contributed by atoms with Gasteiger partial charge in [-0.2, -0.15) is 0 Å². The Bertz CT molecular complexity index is 827. The highest BCUT2D eigenvalue weighted by molar-refractivity contribution is 9.10. The number of nitrogens with one attached hydrogen (secondary N) is 1. The molecule has 1 aliphatic heterocycles. The van der Waals surface area contributed by atoms with Gasteiger partial charge in [0.25, 0.3) is 0 Å². The average molecular weight is 437 g/mol. The molecule has 0 spiro atoms. The Morgan fingerprint density at radius 1 is 1.31 bits per heavy atom. The summed E-state index contributed by atoms with van der Waals surface area (Å²) in [4.78, 5) is 0. The first-order chi connectivity index (χ1) is 12.5. The van der Waals surface area contributed by atoms with Crippen molar-refractivity contribution in [2.75, 3.05) is 6.54 Å². The summed E-state index contributed by atoms with van der Waals surface area (Å²) in [7, 11) is 0. The van der Waals surface area contributed by atoms with Crippen molar-refractivity contribution in [1.82, 2.24) is 5.32 Å². The first-order valence-corrected chi connectivity index (χ1v) is 9.56. The maximum atomic E-state index is 14.2. The zero-order chi connectivity index (χ0) is 18.7. The van der Waals surface area contributed by atoms with Crippen molar-refractivity contribution in [3.63, 3.8) is 0 Å². The molecule has 1 unspecified atom stereocenters. The van der Waals surface area contributed by atoms with E-state index in [0.29, 0.717) is 29.6 Å². The molecule has 0 amide bonds. The van der Waals surface area contributed by atoms with Crippen molar-refractivity contribution < 1.29 is 9.13 Å². The summed E-state index contributed by atoms with van der Waals surface area (Å²) in [5, 5.41) is 3.56. The molecule has 0 saturated carbocycles. The molecule has 26 heavy (non-hydrogen) atoms. The van der Waals surface area contributed by atoms with Crippen molar-refractivity contribution in [3.8, 4) is 5.75 Å². The highest BCUT2D eigenvalue weighted by Gasteiger charge is 2.48. The minimum Gasteiger partial charge on any atom is -0.480 e. The molecule has 0 radical (unpaired) electrons. The van der Waals surface area contributed by atoms with E-state index in [1.165, 1.54) is 6.07 Å². The second-order valence-corrected chi connectivity index (χ2v) is 7.44. The fraction of sp³-hybridized carbons (Fsp3) is 0.238. The molecule has 2 aromatic rings. The van der Waals surface area contributed by atoms with Gasteiger partial charge in [-0.3, -0.25) is 0 Å². The van der Waals surface area contributed by atoms with Gasteiger partial charge in [0, 0.05) is 29.1 Å². The predicted octanol–water partition coefficient (Wildman–Crippen LogP) is 5.79. The maximum Gasteiger partial charge on any atom is 0.154 e. The van der Waals surface area contributed by atoms with Crippen LogP contribution in [0, 0.1) is 5.82 Å². The normalized spacial score (nSPS) is 19.5. The molecule has 2 aromatic carbocycles. The molecule has 1 heterocycles. The number of hydrogen-bond acceptors (Lipinski definition) is 2. The van der Waals surface area contributed by atoms with Crippen LogP contribution in [0.2, 0.25) is 5.02 Å². The van der Waals surface area contributed by atoms with Crippen LogP contribution in [0.25, 0.3) is 0 Å². The molecule has 3 rings (SSSR count). The van der Waals surface area contributed by atoms with Crippen molar-refractivity contribution >= 4 is 27.5 Å². The topological polar surface area (TPSA) is 21.3 Å². The largest absolute Gasteiger partial charge is 0.480 e. The van der Waals surface area contributed by atoms with E-state index in [4.69, 9.17) is 16.3 Å². The minimum absolute atomic E-state index is 0.0680. The van der Waals surface area contributed by atoms with E-state index >= 15 is 0 Å². The smallest absolute Gasteiger partial charge is 0.154 e. The van der Waals surface area contributed by atoms with Gasteiger partial charge in [0.15, 0.2) is 5.60 Å². The van der Waals surface area contributed by atoms with Crippen molar-refractivity contribution in [1.29, 1.82) is 0 Å². The van der Waals surface area contributed by atoms with Gasteiger partial charge in [0.1, 0.15) is 11.6 Å². The summed E-state index contributed by atoms with van der Waals surface area (Å²) in [6.07, 6.45) is 4.92. The Labute approximate surface area is 166 Å². The van der Waals surface area contributed by atoms with E-state index < -0.39 is 11.4 Å². The lowest BCUT2D eigenvalue weighted by Gasteiger charge is -2.37. The minimum atomic E-state index is -0.694. The highest BCUT2D eigenvalue weighted by atomic mass is 79.9. The van der Waals surface area contributed by atoms with Crippen LogP contribution in [-0.4, -0.2) is 12.6 Å². The van der Waals surface area contributed by atoms with Crippen LogP contribution in [0.4, 0.5) is 4.39 Å². The third kappa shape index (κ3) is 3.34. The summed E-state index contributed by atoms with van der Waals surface area (Å²) in [5.74, 6) is 0.0116. The number of rotatable bonds is 7. The lowest BCUT2D eigenvalue weighted by atomic mass is 9.81. The summed E-state index contributed by atoms with van der Waals surface area (Å²) < 4.78 is 21.1. The Morgan fingerprint density at radius 3 is 2.69 bits per heavy atom. The average Bonchev–Trinajstić information content (AvgIpc) is 3.04. The molecular formula is C21H20BrClFNO. The molecule has 0 aliphatic carbocycles. The SMILES string of the molecule is C=CCN[C@H](CC=C)C1(c2ccccc2)Cc2c(cc(F)c(Cl)c2Br)O1. The van der Waals surface area contributed by atoms with Crippen molar-refractivity contribution in [3.05, 3.63) is 88.1 Å². The molecule has 1 N–H and O–H groups in total. The summed E-state index contributed by atoms with van der Waals surface area (Å²) in [6, 6.07) is 11.3. The van der Waals surface area contributed by atoms with Gasteiger partial charge in [-0.25, -0.2) is 4.39 Å². The second-order valence-electron chi connectivity index (χ2n) is 6.27. The van der Waals surface area contributed by atoms with Gasteiger partial charge in [0.05, 0.1) is 11.1 Å². The van der Waals surface area contributed by atoms with E-state index in [2.05, 4.69) is 34.4 Å². The Hall–Kier alpha value is -1.62. The lowest BCUT2D eigenvalue weighted by Crippen LogP contribution is -2.51. The van der Waals surface area contributed by atoms with Gasteiger partial charge < -0.3 is 10.1 Å². The lowest BCUT2D eigenvalue weighted by molar-refractivity contribution is 0.0486. The van der Waals surface area contributed by atoms with E-state index in [9.17, 15) is 4.39 Å². The van der Waals surface area contributed by atoms with Crippen molar-refractivity contribution in [2.45, 2.75) is 24.5 Å². The predicted molar refractivity (Wildman–Crippen MR) is 108 cm³/mol. The number of benzene rings is 2. The maximum absolute atomic E-state index is 14.2. The van der Waals surface area contributed by atoms with Crippen LogP contribution < -0.4 is 10.1 Å². The molecule has 0 saturated heterocycles. The van der Waals surface area contributed by atoms with Crippen LogP contribution >= 0.6 is 27.5 Å². The highest BCUT2D eigenvalue weighted by Crippen LogP contribution is 2.49. The van der Waals surface area contributed by atoms with Gasteiger partial charge in [-0.15, -0.1) is 13.2 Å². The third-order valence-electron chi connectivity index (χ3n) is 4.69. The van der Waals surface area contributed by atoms with E-state index in [1.807, 2.05) is 42.5 Å². The zero-order valence-electron chi connectivity index (χ0n) is 14.3. The first-order valence-electron chi connectivity index (χ1n) is 8.39. The van der Waals surface area contributed by atoms with Crippen LogP contribution in [0.5, 0.6) is 5.75 Å². The molecule has 0 bridgehead atoms. The van der Waals surface area contributed by atoms with E-state index in [1.54, 1.807) is 0 Å². The quantitative estimate of drug-likeness (QED) is 0.438. The van der Waals surface area contributed by atoms with Gasteiger partial charge >= 0.3 is 0 Å². The number of fused-ring (bicyclic) bond motifs is 1. The Kier molecular flexibility index (Phi) is 5.86. The standard InChI is InChI=1S/C21H20BrClFNO/c1-3-8-18(25-11-4-2)21(14-9-6-5-7-10-14)13-15-17(26-21)12-16(24)20(23)19(15)22/h3-7,9-10,12,18,25H,1-2,8,11,13H2/t18-,21?/m1/s1. The zero-order valence-corrected chi connectivity index (χ0v) is 16.6. The van der Waals surface area contributed by atoms with Gasteiger partial charge in [-0.05, 0) is 27.9 Å². The third-order valence-corrected chi connectivity index (χ3v) is 6.16. The van der Waals surface area contributed by atoms with Crippen LogP contribution in [0.1, 0.15) is 17.5 Å². The number of hydrogen-bond donors (Lipinski definition) is 1.